The number of likely N-dealkylation sites (tertiary alicyclic amines) is 1. The van der Waals surface area contributed by atoms with Crippen molar-refractivity contribution in [3.63, 3.8) is 0 Å². The standard InChI is InChI=1S/C36H47F5N6O4/c1-3-27(48)45-29(32(51)47-18-15-33(16-19-47)21-36(33,40)41)34(13-14-34)23-7-8-25(24(37)20-23)44-31(50)28(22-6-5-11-35(38,39)12-9-22)46-30(49)26(10-17-42)43-4-2/h7-8,10,17,20,22,28-29H,3-6,9,11-16,18-19,21,42H2,1-2H3,(H,44,50)(H,45,48)(H,46,49)/b17-10-,43-26?/t22-,28+,29+/m1/s1. The molecule has 3 saturated carbocycles. The van der Waals surface area contributed by atoms with E-state index in [1.165, 1.54) is 23.1 Å². The Bertz CT molecular complexity index is 1570. The number of hydrogen-bond acceptors (Lipinski definition) is 6. The summed E-state index contributed by atoms with van der Waals surface area (Å²) in [6.07, 6.45) is 2.99. The van der Waals surface area contributed by atoms with Gasteiger partial charge in [0.15, 0.2) is 0 Å². The molecule has 15 heteroatoms. The number of piperidine rings is 1. The number of anilines is 1. The number of amides is 4. The van der Waals surface area contributed by atoms with Crippen molar-refractivity contribution in [3.05, 3.63) is 41.9 Å². The monoisotopic (exact) mass is 722 g/mol. The second-order valence-corrected chi connectivity index (χ2v) is 14.4. The van der Waals surface area contributed by atoms with Crippen molar-refractivity contribution in [2.75, 3.05) is 25.0 Å². The molecule has 3 aliphatic carbocycles. The Morgan fingerprint density at radius 2 is 1.69 bits per heavy atom. The molecule has 3 atom stereocenters. The Morgan fingerprint density at radius 3 is 2.25 bits per heavy atom. The molecule has 280 valence electrons. The molecule has 0 bridgehead atoms. The first-order valence-corrected chi connectivity index (χ1v) is 17.8. The normalized spacial score (nSPS) is 24.3. The smallest absolute Gasteiger partial charge is 0.270 e. The average Bonchev–Trinajstić information content (AvgIpc) is 4.00. The molecule has 1 aromatic carbocycles. The molecule has 0 aromatic heterocycles. The van der Waals surface area contributed by atoms with Gasteiger partial charge >= 0.3 is 0 Å². The van der Waals surface area contributed by atoms with E-state index in [-0.39, 0.29) is 88.3 Å². The number of nitrogens with two attached hydrogens (primary N) is 1. The molecule has 10 nitrogen and oxygen atoms in total. The number of hydrogen-bond donors (Lipinski definition) is 4. The molecule has 4 amide bonds. The highest BCUT2D eigenvalue weighted by atomic mass is 19.3. The Morgan fingerprint density at radius 1 is 1.00 bits per heavy atom. The number of benzene rings is 1. The van der Waals surface area contributed by atoms with Gasteiger partial charge in [0.25, 0.3) is 11.8 Å². The highest BCUT2D eigenvalue weighted by Crippen LogP contribution is 2.66. The van der Waals surface area contributed by atoms with Gasteiger partial charge in [0.05, 0.1) is 5.69 Å². The lowest BCUT2D eigenvalue weighted by atomic mass is 9.85. The third-order valence-electron chi connectivity index (χ3n) is 11.1. The second-order valence-electron chi connectivity index (χ2n) is 14.4. The number of nitrogens with zero attached hydrogens (tertiary/aromatic N) is 2. The third-order valence-corrected chi connectivity index (χ3v) is 11.1. The van der Waals surface area contributed by atoms with E-state index < -0.39 is 70.6 Å². The van der Waals surface area contributed by atoms with Crippen LogP contribution < -0.4 is 21.7 Å². The lowest BCUT2D eigenvalue weighted by molar-refractivity contribution is -0.139. The summed E-state index contributed by atoms with van der Waals surface area (Å²) in [7, 11) is 0. The summed E-state index contributed by atoms with van der Waals surface area (Å²) in [6, 6.07) is 1.73. The highest BCUT2D eigenvalue weighted by molar-refractivity contribution is 6.43. The molecule has 4 aliphatic rings. The van der Waals surface area contributed by atoms with Crippen LogP contribution >= 0.6 is 0 Å². The zero-order valence-corrected chi connectivity index (χ0v) is 29.0. The lowest BCUT2D eigenvalue weighted by Crippen LogP contribution is -2.56. The van der Waals surface area contributed by atoms with E-state index in [0.29, 0.717) is 18.4 Å². The molecule has 0 unspecified atom stereocenters. The minimum Gasteiger partial charge on any atom is -0.405 e. The Kier molecular flexibility index (Phi) is 11.2. The van der Waals surface area contributed by atoms with Crippen LogP contribution in [0, 0.1) is 17.2 Å². The fourth-order valence-electron chi connectivity index (χ4n) is 7.67. The molecule has 51 heavy (non-hydrogen) atoms. The predicted molar refractivity (Wildman–Crippen MR) is 181 cm³/mol. The van der Waals surface area contributed by atoms with E-state index in [1.807, 2.05) is 0 Å². The Labute approximate surface area is 294 Å². The van der Waals surface area contributed by atoms with Crippen LogP contribution in [0.4, 0.5) is 27.6 Å². The molecule has 1 aliphatic heterocycles. The maximum absolute atomic E-state index is 15.8. The summed E-state index contributed by atoms with van der Waals surface area (Å²) >= 11 is 0. The van der Waals surface area contributed by atoms with Crippen molar-refractivity contribution in [2.45, 2.75) is 114 Å². The van der Waals surface area contributed by atoms with Crippen LogP contribution in [0.25, 0.3) is 0 Å². The number of aliphatic imine (C=N–C) groups is 1. The SMILES string of the molecule is CCN=C(/C=C\N)C(=O)N[C@H](C(=O)Nc1ccc(C2([C@@H](NC(=O)CC)C(=O)N3CCC4(CC3)CC4(F)F)CC2)cc1F)[C@@H]1CCCC(F)(F)CC1. The number of rotatable bonds is 12. The van der Waals surface area contributed by atoms with E-state index >= 15 is 4.39 Å². The van der Waals surface area contributed by atoms with Crippen LogP contribution in [0.15, 0.2) is 35.5 Å². The van der Waals surface area contributed by atoms with Gasteiger partial charge in [-0.05, 0) is 87.8 Å². The quantitative estimate of drug-likeness (QED) is 0.137. The molecule has 1 saturated heterocycles. The van der Waals surface area contributed by atoms with Gasteiger partial charge in [-0.2, -0.15) is 0 Å². The maximum Gasteiger partial charge on any atom is 0.270 e. The summed E-state index contributed by atoms with van der Waals surface area (Å²) < 4.78 is 72.3. The van der Waals surface area contributed by atoms with Crippen molar-refractivity contribution in [2.24, 2.45) is 22.1 Å². The van der Waals surface area contributed by atoms with Gasteiger partial charge in [0.2, 0.25) is 23.6 Å². The van der Waals surface area contributed by atoms with Crippen molar-refractivity contribution in [1.29, 1.82) is 0 Å². The second kappa shape index (κ2) is 14.9. The molecule has 4 fully saturated rings. The van der Waals surface area contributed by atoms with Gasteiger partial charge in [-0.15, -0.1) is 0 Å². The van der Waals surface area contributed by atoms with Gasteiger partial charge < -0.3 is 26.6 Å². The first-order valence-electron chi connectivity index (χ1n) is 17.8. The van der Waals surface area contributed by atoms with Crippen molar-refractivity contribution < 1.29 is 41.1 Å². The highest BCUT2D eigenvalue weighted by Gasteiger charge is 2.71. The Balaban J connectivity index is 1.35. The molecule has 1 aromatic rings. The summed E-state index contributed by atoms with van der Waals surface area (Å²) in [5, 5.41) is 7.93. The van der Waals surface area contributed by atoms with Crippen molar-refractivity contribution in [3.8, 4) is 0 Å². The van der Waals surface area contributed by atoms with E-state index in [9.17, 15) is 36.7 Å². The van der Waals surface area contributed by atoms with E-state index in [4.69, 9.17) is 5.73 Å². The number of carbonyl (C=O) groups is 4. The first-order chi connectivity index (χ1) is 24.1. The number of alkyl halides is 4. The van der Waals surface area contributed by atoms with Crippen LogP contribution in [0.1, 0.15) is 90.0 Å². The van der Waals surface area contributed by atoms with Gasteiger partial charge in [0, 0.05) is 56.1 Å². The van der Waals surface area contributed by atoms with E-state index in [2.05, 4.69) is 20.9 Å². The van der Waals surface area contributed by atoms with E-state index in [1.54, 1.807) is 19.9 Å². The fourth-order valence-corrected chi connectivity index (χ4v) is 7.67. The van der Waals surface area contributed by atoms with Gasteiger partial charge in [-0.25, -0.2) is 22.0 Å². The molecule has 5 rings (SSSR count). The summed E-state index contributed by atoms with van der Waals surface area (Å²) in [6.45, 7) is 3.84. The molecule has 0 radical (unpaired) electrons. The predicted octanol–water partition coefficient (Wildman–Crippen LogP) is 4.97. The average molecular weight is 723 g/mol. The van der Waals surface area contributed by atoms with Gasteiger partial charge in [-0.3, -0.25) is 24.2 Å². The van der Waals surface area contributed by atoms with Crippen molar-refractivity contribution in [1.82, 2.24) is 15.5 Å². The Hall–Kier alpha value is -4.04. The zero-order chi connectivity index (χ0) is 37.2. The maximum atomic E-state index is 15.8. The molecule has 1 heterocycles. The minimum absolute atomic E-state index is 0.0540. The van der Waals surface area contributed by atoms with Crippen molar-refractivity contribution >= 4 is 35.0 Å². The molecular weight excluding hydrogens is 675 g/mol. The molecule has 1 spiro atoms. The van der Waals surface area contributed by atoms with Crippen LogP contribution in [-0.2, 0) is 24.6 Å². The largest absolute Gasteiger partial charge is 0.405 e. The molecule has 5 N–H and O–H groups in total. The number of carbonyl (C=O) groups excluding carboxylic acids is 4. The number of nitrogens with one attached hydrogen (secondary N) is 3. The molecular formula is C36H47F5N6O4. The van der Waals surface area contributed by atoms with E-state index in [0.717, 1.165) is 6.20 Å². The summed E-state index contributed by atoms with van der Waals surface area (Å²) in [4.78, 5) is 58.9. The first kappa shape index (κ1) is 38.2. The van der Waals surface area contributed by atoms with Crippen LogP contribution in [0.3, 0.4) is 0 Å². The fraction of sp³-hybridized carbons (Fsp3) is 0.639. The topological polar surface area (TPSA) is 146 Å². The van der Waals surface area contributed by atoms with Gasteiger partial charge in [-0.1, -0.05) is 13.0 Å². The summed E-state index contributed by atoms with van der Waals surface area (Å²) in [5.74, 6) is -9.48. The summed E-state index contributed by atoms with van der Waals surface area (Å²) in [5.41, 5.74) is 3.58. The minimum atomic E-state index is -2.91. The van der Waals surface area contributed by atoms with Crippen LogP contribution in [0.2, 0.25) is 0 Å². The van der Waals surface area contributed by atoms with Crippen LogP contribution in [-0.4, -0.2) is 77.8 Å². The third kappa shape index (κ3) is 8.22. The zero-order valence-electron chi connectivity index (χ0n) is 29.0. The number of halogens is 5. The van der Waals surface area contributed by atoms with Crippen LogP contribution in [0.5, 0.6) is 0 Å². The van der Waals surface area contributed by atoms with Gasteiger partial charge in [0.1, 0.15) is 23.6 Å². The lowest BCUT2D eigenvalue weighted by Gasteiger charge is -2.37.